The van der Waals surface area contributed by atoms with Gasteiger partial charge in [-0.1, -0.05) is 148 Å². The lowest BCUT2D eigenvalue weighted by molar-refractivity contribution is 0.414. The van der Waals surface area contributed by atoms with E-state index in [1.807, 2.05) is 0 Å². The molecule has 1 N–H and O–H groups in total. The Morgan fingerprint density at radius 3 is 0.957 bits per heavy atom. The predicted octanol–water partition coefficient (Wildman–Crippen LogP) is 10.5. The fourth-order valence-corrected chi connectivity index (χ4v) is 34.9. The van der Waals surface area contributed by atoms with Gasteiger partial charge in [-0.15, -0.1) is 0 Å². The number of nitrogens with zero attached hydrogens (tertiary/aromatic N) is 4. The van der Waals surface area contributed by atoms with E-state index in [0.29, 0.717) is 0 Å². The quantitative estimate of drug-likeness (QED) is 0.291. The summed E-state index contributed by atoms with van der Waals surface area (Å²) in [6, 6.07) is 18.8. The number of rotatable bonds is 7. The number of benzene rings is 2. The number of nitrogens with one attached hydrogen (secondary N) is 1. The average molecular weight is 694 g/mol. The van der Waals surface area contributed by atoms with E-state index in [9.17, 15) is 0 Å². The Hall–Kier alpha value is -1.75. The monoisotopic (exact) mass is 694 g/mol. The average Bonchev–Trinajstić information content (AvgIpc) is 3.24. The molecule has 5 nitrogen and oxygen atoms in total. The highest BCUT2D eigenvalue weighted by Gasteiger charge is 2.71. The summed E-state index contributed by atoms with van der Waals surface area (Å²) >= 11 is 0. The summed E-state index contributed by atoms with van der Waals surface area (Å²) in [5, 5.41) is -0.0161. The molecule has 2 aromatic rings. The molecular weight excluding hydrogens is 623 g/mol. The minimum Gasteiger partial charge on any atom is -0.370 e. The molecule has 2 heterocycles. The van der Waals surface area contributed by atoms with E-state index in [4.69, 9.17) is 4.65 Å². The number of anilines is 4. The van der Waals surface area contributed by atoms with Crippen molar-refractivity contribution < 1.29 is 0 Å². The van der Waals surface area contributed by atoms with Crippen LogP contribution < -0.4 is 22.9 Å². The van der Waals surface area contributed by atoms with Gasteiger partial charge in [-0.2, -0.15) is 0 Å². The molecule has 0 aliphatic carbocycles. The number of fused-ring (bicyclic) bond motifs is 2. The van der Waals surface area contributed by atoms with Gasteiger partial charge in [0, 0.05) is 31.2 Å². The van der Waals surface area contributed by atoms with Crippen molar-refractivity contribution in [3.8, 4) is 0 Å². The van der Waals surface area contributed by atoms with E-state index in [-0.39, 0.29) is 26.7 Å². The van der Waals surface area contributed by atoms with Crippen molar-refractivity contribution in [2.75, 3.05) is 44.4 Å². The van der Waals surface area contributed by atoms with E-state index >= 15 is 0 Å². The van der Waals surface area contributed by atoms with E-state index in [0.717, 1.165) is 26.2 Å². The standard InChI is InChI=1S/C39H71N5Si3/c1-35(2,3)27-41-31-23-19-20-24-32(31)42(28-36(4,5)6)46(41,39(13,14)15)40-47(45(16,17)18)43(29-37(7,8)9)33-25-21-22-26-34(33)44(47)30-38(10,11)12/h19-26,40H,27-30H2,1-18H3. The Kier molecular flexibility index (Phi) is 9.67. The topological polar surface area (TPSA) is 25.0 Å². The lowest BCUT2D eigenvalue weighted by Gasteiger charge is -2.61. The maximum absolute atomic E-state index is 5.11. The molecule has 0 radical (unpaired) electrons. The van der Waals surface area contributed by atoms with Gasteiger partial charge in [-0.3, -0.25) is 4.65 Å². The minimum absolute atomic E-state index is 0.0161. The summed E-state index contributed by atoms with van der Waals surface area (Å²) in [5.41, 5.74) is 6.22. The molecule has 0 amide bonds. The highest BCUT2D eigenvalue weighted by Crippen LogP contribution is 2.56. The lowest BCUT2D eigenvalue weighted by atomic mass is 9.96. The Labute approximate surface area is 293 Å². The van der Waals surface area contributed by atoms with Gasteiger partial charge in [0.25, 0.3) is 0 Å². The van der Waals surface area contributed by atoms with Crippen molar-refractivity contribution in [1.82, 2.24) is 4.65 Å². The normalized spacial score (nSPS) is 18.6. The second-order valence-electron chi connectivity index (χ2n) is 21.5. The van der Waals surface area contributed by atoms with Crippen LogP contribution in [0.25, 0.3) is 0 Å². The van der Waals surface area contributed by atoms with Gasteiger partial charge < -0.3 is 18.3 Å². The molecular formula is C39H71N5Si3. The van der Waals surface area contributed by atoms with E-state index in [2.05, 4.69) is 190 Å². The van der Waals surface area contributed by atoms with Crippen molar-refractivity contribution in [2.24, 2.45) is 21.7 Å². The zero-order valence-electron chi connectivity index (χ0n) is 33.7. The molecule has 2 aromatic carbocycles. The lowest BCUT2D eigenvalue weighted by Crippen LogP contribution is -2.94. The summed E-state index contributed by atoms with van der Waals surface area (Å²) in [7, 11) is -7.52. The van der Waals surface area contributed by atoms with E-state index in [1.165, 1.54) is 22.7 Å². The Bertz CT molecular complexity index is 1220. The highest BCUT2D eigenvalue weighted by atomic mass is 29.3. The van der Waals surface area contributed by atoms with Gasteiger partial charge in [-0.25, -0.2) is 0 Å². The molecule has 2 aliphatic heterocycles. The molecule has 8 heteroatoms. The molecule has 0 saturated carbocycles. The van der Waals surface area contributed by atoms with E-state index < -0.39 is 24.2 Å². The molecule has 0 atom stereocenters. The van der Waals surface area contributed by atoms with Gasteiger partial charge >= 0.3 is 16.6 Å². The Balaban J connectivity index is 2.19. The molecule has 0 aromatic heterocycles. The summed E-state index contributed by atoms with van der Waals surface area (Å²) in [4.78, 5) is 0. The third-order valence-electron chi connectivity index (χ3n) is 9.46. The van der Waals surface area contributed by atoms with Gasteiger partial charge in [0.05, 0.1) is 22.7 Å². The first kappa shape index (κ1) is 38.1. The van der Waals surface area contributed by atoms with Crippen molar-refractivity contribution in [3.05, 3.63) is 48.5 Å². The summed E-state index contributed by atoms with van der Waals surface area (Å²) in [5.74, 6) is 0. The Morgan fingerprint density at radius 2 is 0.723 bits per heavy atom. The van der Waals surface area contributed by atoms with E-state index in [1.54, 1.807) is 0 Å². The third-order valence-corrected chi connectivity index (χ3v) is 30.2. The van der Waals surface area contributed by atoms with Crippen LogP contribution in [0.5, 0.6) is 0 Å². The number of para-hydroxylation sites is 4. The zero-order chi connectivity index (χ0) is 35.8. The molecule has 2 aliphatic rings. The van der Waals surface area contributed by atoms with Crippen LogP contribution in [0, 0.1) is 21.7 Å². The molecule has 47 heavy (non-hydrogen) atoms. The van der Waals surface area contributed by atoms with Gasteiger partial charge in [0.1, 0.15) is 7.59 Å². The maximum Gasteiger partial charge on any atom is 0.348 e. The smallest absolute Gasteiger partial charge is 0.348 e. The van der Waals surface area contributed by atoms with Crippen LogP contribution in [0.1, 0.15) is 104 Å². The summed E-state index contributed by atoms with van der Waals surface area (Å²) in [6.45, 7) is 49.0. The van der Waals surface area contributed by atoms with Crippen LogP contribution in [-0.2, 0) is 0 Å². The van der Waals surface area contributed by atoms with Gasteiger partial charge in [-0.05, 0) is 45.9 Å². The van der Waals surface area contributed by atoms with Crippen molar-refractivity contribution in [3.63, 3.8) is 0 Å². The second-order valence-corrected chi connectivity index (χ2v) is 40.0. The van der Waals surface area contributed by atoms with Crippen LogP contribution in [0.2, 0.25) is 24.7 Å². The van der Waals surface area contributed by atoms with Crippen LogP contribution in [0.4, 0.5) is 22.7 Å². The first-order valence-electron chi connectivity index (χ1n) is 18.1. The molecule has 4 rings (SSSR count). The summed E-state index contributed by atoms with van der Waals surface area (Å²) in [6.07, 6.45) is 0. The summed E-state index contributed by atoms with van der Waals surface area (Å²) < 4.78 is 17.0. The second kappa shape index (κ2) is 11.9. The fraction of sp³-hybridized carbons (Fsp3) is 0.692. The fourth-order valence-electron chi connectivity index (χ4n) is 8.03. The van der Waals surface area contributed by atoms with Gasteiger partial charge in [0.15, 0.2) is 0 Å². The molecule has 0 unspecified atom stereocenters. The van der Waals surface area contributed by atoms with Gasteiger partial charge in [0.2, 0.25) is 0 Å². The highest BCUT2D eigenvalue weighted by molar-refractivity contribution is 7.45. The van der Waals surface area contributed by atoms with Crippen LogP contribution >= 0.6 is 0 Å². The Morgan fingerprint density at radius 1 is 0.468 bits per heavy atom. The molecule has 0 bridgehead atoms. The third kappa shape index (κ3) is 7.27. The van der Waals surface area contributed by atoms with Crippen LogP contribution in [0.3, 0.4) is 0 Å². The molecule has 0 fully saturated rings. The maximum atomic E-state index is 5.11. The SMILES string of the molecule is CC(C)(C)CN1c2ccccc2N(CC(C)(C)C)[Si]1(N[Si]1([Si](C)(C)C)N(CC(C)(C)C)c2ccccc2N1CC(C)(C)C)C(C)(C)C. The van der Waals surface area contributed by atoms with Crippen molar-refractivity contribution >= 4 is 47.0 Å². The van der Waals surface area contributed by atoms with Crippen LogP contribution in [0.15, 0.2) is 48.5 Å². The predicted molar refractivity (Wildman–Crippen MR) is 218 cm³/mol. The molecule has 264 valence electrons. The first-order valence-corrected chi connectivity index (χ1v) is 26.4. The molecule has 0 saturated heterocycles. The van der Waals surface area contributed by atoms with Crippen molar-refractivity contribution in [1.29, 1.82) is 0 Å². The minimum atomic E-state index is -2.81. The first-order chi connectivity index (χ1) is 21.0. The molecule has 0 spiro atoms. The number of hydrogen-bond donors (Lipinski definition) is 1. The largest absolute Gasteiger partial charge is 0.370 e. The van der Waals surface area contributed by atoms with Crippen LogP contribution in [-0.4, -0.2) is 50.4 Å². The zero-order valence-corrected chi connectivity index (χ0v) is 36.7. The van der Waals surface area contributed by atoms with Crippen molar-refractivity contribution in [2.45, 2.75) is 129 Å². The number of hydrogen-bond acceptors (Lipinski definition) is 5.